The highest BCUT2D eigenvalue weighted by Gasteiger charge is 2.07. The molecule has 0 bridgehead atoms. The van der Waals surface area contributed by atoms with Gasteiger partial charge in [0.1, 0.15) is 5.82 Å². The van der Waals surface area contributed by atoms with Gasteiger partial charge in [-0.3, -0.25) is 0 Å². The predicted octanol–water partition coefficient (Wildman–Crippen LogP) is 2.81. The van der Waals surface area contributed by atoms with E-state index in [2.05, 4.69) is 47.3 Å². The number of aromatic nitrogens is 2. The van der Waals surface area contributed by atoms with Crippen LogP contribution in [0.2, 0.25) is 0 Å². The molecule has 0 radical (unpaired) electrons. The molecule has 0 spiro atoms. The Morgan fingerprint density at radius 2 is 2.06 bits per heavy atom. The molecular formula is C12H24N4S. The van der Waals surface area contributed by atoms with Crippen LogP contribution in [0.1, 0.15) is 45.9 Å². The average molecular weight is 256 g/mol. The maximum absolute atomic E-state index is 4.46. The first-order chi connectivity index (χ1) is 8.17. The van der Waals surface area contributed by atoms with Gasteiger partial charge in [0, 0.05) is 30.5 Å². The van der Waals surface area contributed by atoms with Crippen LogP contribution in [0.4, 0.5) is 5.13 Å². The SMILES string of the molecule is CCCN(CC)CCNc1nc(C(C)C)ns1. The van der Waals surface area contributed by atoms with Gasteiger partial charge in [0.25, 0.3) is 0 Å². The molecule has 0 saturated heterocycles. The first-order valence-electron chi connectivity index (χ1n) is 6.47. The minimum Gasteiger partial charge on any atom is -0.359 e. The minimum absolute atomic E-state index is 0.411. The van der Waals surface area contributed by atoms with Crippen LogP contribution in [-0.4, -0.2) is 40.4 Å². The van der Waals surface area contributed by atoms with Crippen molar-refractivity contribution in [2.24, 2.45) is 0 Å². The number of hydrogen-bond acceptors (Lipinski definition) is 5. The molecule has 0 fully saturated rings. The van der Waals surface area contributed by atoms with E-state index in [1.165, 1.54) is 24.5 Å². The lowest BCUT2D eigenvalue weighted by Gasteiger charge is -2.19. The fourth-order valence-corrected chi connectivity index (χ4v) is 2.34. The quantitative estimate of drug-likeness (QED) is 0.776. The molecule has 0 amide bonds. The van der Waals surface area contributed by atoms with Gasteiger partial charge < -0.3 is 10.2 Å². The number of anilines is 1. The zero-order chi connectivity index (χ0) is 12.7. The highest BCUT2D eigenvalue weighted by atomic mass is 32.1. The molecule has 17 heavy (non-hydrogen) atoms. The van der Waals surface area contributed by atoms with Crippen molar-refractivity contribution in [3.63, 3.8) is 0 Å². The fourth-order valence-electron chi connectivity index (χ4n) is 1.61. The standard InChI is InChI=1S/C12H24N4S/c1-5-8-16(6-2)9-7-13-12-14-11(10(3)4)15-17-12/h10H,5-9H2,1-4H3,(H,13,14,15). The van der Waals surface area contributed by atoms with E-state index in [-0.39, 0.29) is 0 Å². The Kier molecular flexibility index (Phi) is 6.44. The Labute approximate surface area is 109 Å². The summed E-state index contributed by atoms with van der Waals surface area (Å²) in [5.41, 5.74) is 0. The number of rotatable bonds is 8. The highest BCUT2D eigenvalue weighted by molar-refractivity contribution is 7.09. The summed E-state index contributed by atoms with van der Waals surface area (Å²) < 4.78 is 4.32. The van der Waals surface area contributed by atoms with E-state index in [0.29, 0.717) is 5.92 Å². The van der Waals surface area contributed by atoms with Crippen molar-refractivity contribution in [1.29, 1.82) is 0 Å². The Hall–Kier alpha value is -0.680. The first-order valence-corrected chi connectivity index (χ1v) is 7.24. The smallest absolute Gasteiger partial charge is 0.202 e. The summed E-state index contributed by atoms with van der Waals surface area (Å²) >= 11 is 1.46. The second-order valence-corrected chi connectivity index (χ2v) is 5.23. The van der Waals surface area contributed by atoms with Crippen molar-refractivity contribution >= 4 is 16.7 Å². The second kappa shape index (κ2) is 7.61. The van der Waals surface area contributed by atoms with Crippen LogP contribution in [0.3, 0.4) is 0 Å². The normalized spacial score (nSPS) is 11.4. The monoisotopic (exact) mass is 256 g/mol. The van der Waals surface area contributed by atoms with Crippen LogP contribution >= 0.6 is 11.5 Å². The van der Waals surface area contributed by atoms with Gasteiger partial charge in [0.15, 0.2) is 0 Å². The van der Waals surface area contributed by atoms with E-state index in [9.17, 15) is 0 Å². The molecule has 1 aromatic heterocycles. The summed E-state index contributed by atoms with van der Waals surface area (Å²) in [6.07, 6.45) is 1.21. The Balaban J connectivity index is 2.29. The summed E-state index contributed by atoms with van der Waals surface area (Å²) in [6, 6.07) is 0. The van der Waals surface area contributed by atoms with Gasteiger partial charge in [-0.05, 0) is 19.5 Å². The second-order valence-electron chi connectivity index (χ2n) is 4.47. The lowest BCUT2D eigenvalue weighted by atomic mass is 10.2. The molecule has 0 unspecified atom stereocenters. The van der Waals surface area contributed by atoms with Gasteiger partial charge in [-0.25, -0.2) is 4.98 Å². The molecule has 0 aliphatic rings. The summed E-state index contributed by atoms with van der Waals surface area (Å²) in [5, 5.41) is 4.29. The number of likely N-dealkylation sites (N-methyl/N-ethyl adjacent to an activating group) is 1. The van der Waals surface area contributed by atoms with E-state index >= 15 is 0 Å². The molecular weight excluding hydrogens is 232 g/mol. The molecule has 0 aliphatic carbocycles. The maximum Gasteiger partial charge on any atom is 0.202 e. The third-order valence-electron chi connectivity index (χ3n) is 2.65. The van der Waals surface area contributed by atoms with E-state index in [1.54, 1.807) is 0 Å². The predicted molar refractivity (Wildman–Crippen MR) is 74.9 cm³/mol. The van der Waals surface area contributed by atoms with E-state index < -0.39 is 0 Å². The summed E-state index contributed by atoms with van der Waals surface area (Å²) in [6.45, 7) is 13.0. The van der Waals surface area contributed by atoms with Crippen molar-refractivity contribution in [1.82, 2.24) is 14.3 Å². The molecule has 0 aliphatic heterocycles. The maximum atomic E-state index is 4.46. The summed E-state index contributed by atoms with van der Waals surface area (Å²) in [4.78, 5) is 6.90. The topological polar surface area (TPSA) is 41.0 Å². The van der Waals surface area contributed by atoms with Crippen LogP contribution in [0.25, 0.3) is 0 Å². The lowest BCUT2D eigenvalue weighted by Crippen LogP contribution is -2.29. The van der Waals surface area contributed by atoms with Crippen molar-refractivity contribution in [2.45, 2.75) is 40.0 Å². The molecule has 0 saturated carbocycles. The number of hydrogen-bond donors (Lipinski definition) is 1. The van der Waals surface area contributed by atoms with Crippen molar-refractivity contribution in [2.75, 3.05) is 31.5 Å². The fraction of sp³-hybridized carbons (Fsp3) is 0.833. The Morgan fingerprint density at radius 1 is 1.29 bits per heavy atom. The Morgan fingerprint density at radius 3 is 2.59 bits per heavy atom. The molecule has 98 valence electrons. The Bertz CT molecular complexity index is 311. The third-order valence-corrected chi connectivity index (χ3v) is 3.34. The minimum atomic E-state index is 0.411. The van der Waals surface area contributed by atoms with E-state index in [4.69, 9.17) is 0 Å². The van der Waals surface area contributed by atoms with Crippen molar-refractivity contribution in [3.05, 3.63) is 5.82 Å². The van der Waals surface area contributed by atoms with Crippen LogP contribution < -0.4 is 5.32 Å². The molecule has 0 atom stereocenters. The highest BCUT2D eigenvalue weighted by Crippen LogP contribution is 2.16. The van der Waals surface area contributed by atoms with Crippen LogP contribution in [-0.2, 0) is 0 Å². The van der Waals surface area contributed by atoms with Gasteiger partial charge >= 0.3 is 0 Å². The largest absolute Gasteiger partial charge is 0.359 e. The number of nitrogens with zero attached hydrogens (tertiary/aromatic N) is 3. The molecule has 1 heterocycles. The van der Waals surface area contributed by atoms with Gasteiger partial charge in [-0.2, -0.15) is 4.37 Å². The van der Waals surface area contributed by atoms with Crippen molar-refractivity contribution < 1.29 is 0 Å². The third kappa shape index (κ3) is 5.00. The zero-order valence-electron chi connectivity index (χ0n) is 11.4. The van der Waals surface area contributed by atoms with Gasteiger partial charge in [-0.1, -0.05) is 27.7 Å². The molecule has 1 N–H and O–H groups in total. The average Bonchev–Trinajstić information content (AvgIpc) is 2.77. The van der Waals surface area contributed by atoms with Crippen molar-refractivity contribution in [3.8, 4) is 0 Å². The first kappa shape index (κ1) is 14.4. The summed E-state index contributed by atoms with van der Waals surface area (Å²) in [5.74, 6) is 1.35. The van der Waals surface area contributed by atoms with Crippen LogP contribution in [0, 0.1) is 0 Å². The van der Waals surface area contributed by atoms with Gasteiger partial charge in [-0.15, -0.1) is 0 Å². The van der Waals surface area contributed by atoms with Crippen LogP contribution in [0.15, 0.2) is 0 Å². The molecule has 1 rings (SSSR count). The van der Waals surface area contributed by atoms with E-state index in [1.807, 2.05) is 0 Å². The van der Waals surface area contributed by atoms with Gasteiger partial charge in [0.2, 0.25) is 5.13 Å². The lowest BCUT2D eigenvalue weighted by molar-refractivity contribution is 0.300. The molecule has 5 heteroatoms. The van der Waals surface area contributed by atoms with Crippen LogP contribution in [0.5, 0.6) is 0 Å². The molecule has 1 aromatic rings. The zero-order valence-corrected chi connectivity index (χ0v) is 12.2. The van der Waals surface area contributed by atoms with E-state index in [0.717, 1.165) is 30.6 Å². The van der Waals surface area contributed by atoms with Gasteiger partial charge in [0.05, 0.1) is 0 Å². The molecule has 0 aromatic carbocycles. The summed E-state index contributed by atoms with van der Waals surface area (Å²) in [7, 11) is 0. The number of nitrogens with one attached hydrogen (secondary N) is 1. The molecule has 4 nitrogen and oxygen atoms in total.